The van der Waals surface area contributed by atoms with E-state index in [0.717, 1.165) is 11.1 Å². The summed E-state index contributed by atoms with van der Waals surface area (Å²) < 4.78 is 0. The number of allylic oxidation sites excluding steroid dienone is 2. The number of nitriles is 1. The molecule has 2 heteroatoms. The van der Waals surface area contributed by atoms with Crippen molar-refractivity contribution >= 4 is 5.78 Å². The summed E-state index contributed by atoms with van der Waals surface area (Å²) in [5.41, 5.74) is 1.86. The molecule has 2 aromatic rings. The molecule has 0 heterocycles. The lowest BCUT2D eigenvalue weighted by atomic mass is 9.82. The Bertz CT molecular complexity index is 668. The Kier molecular flexibility index (Phi) is 5.68. The van der Waals surface area contributed by atoms with E-state index in [1.807, 2.05) is 79.7 Å². The Morgan fingerprint density at radius 1 is 1.09 bits per heavy atom. The minimum Gasteiger partial charge on any atom is -0.294 e. The molecule has 0 saturated carbocycles. The molecule has 2 rings (SSSR count). The summed E-state index contributed by atoms with van der Waals surface area (Å²) in [5.74, 6) is 0.319. The fourth-order valence-corrected chi connectivity index (χ4v) is 2.58. The number of rotatable bonds is 6. The third-order valence-electron chi connectivity index (χ3n) is 3.84. The second-order valence-electron chi connectivity index (χ2n) is 5.36. The van der Waals surface area contributed by atoms with Crippen molar-refractivity contribution in [2.24, 2.45) is 5.92 Å². The van der Waals surface area contributed by atoms with E-state index in [2.05, 4.69) is 0 Å². The Morgan fingerprint density at radius 2 is 1.68 bits per heavy atom. The molecule has 0 unspecified atom stereocenters. The Morgan fingerprint density at radius 3 is 2.27 bits per heavy atom. The van der Waals surface area contributed by atoms with Gasteiger partial charge in [0.2, 0.25) is 0 Å². The minimum absolute atomic E-state index is 0.0681. The molecule has 110 valence electrons. The summed E-state index contributed by atoms with van der Waals surface area (Å²) in [4.78, 5) is 12.5. The fraction of sp³-hybridized carbons (Fsp3) is 0.200. The highest BCUT2D eigenvalue weighted by Crippen LogP contribution is 2.30. The van der Waals surface area contributed by atoms with Gasteiger partial charge in [0.05, 0.1) is 6.07 Å². The first kappa shape index (κ1) is 15.7. The zero-order chi connectivity index (χ0) is 15.8. The number of hydrogen-bond donors (Lipinski definition) is 0. The SMILES string of the molecule is C[C@H](/C=C\C#N)[C@H](CC(=O)c1ccccc1)c1ccccc1. The van der Waals surface area contributed by atoms with Crippen molar-refractivity contribution in [1.82, 2.24) is 0 Å². The first-order chi connectivity index (χ1) is 10.7. The van der Waals surface area contributed by atoms with E-state index in [-0.39, 0.29) is 17.6 Å². The number of hydrogen-bond acceptors (Lipinski definition) is 2. The van der Waals surface area contributed by atoms with E-state index >= 15 is 0 Å². The number of carbonyl (C=O) groups excluding carboxylic acids is 1. The van der Waals surface area contributed by atoms with E-state index < -0.39 is 0 Å². The minimum atomic E-state index is 0.0681. The number of nitrogens with zero attached hydrogens (tertiary/aromatic N) is 1. The molecule has 0 radical (unpaired) electrons. The zero-order valence-corrected chi connectivity index (χ0v) is 12.6. The van der Waals surface area contributed by atoms with Gasteiger partial charge in [0, 0.05) is 18.1 Å². The summed E-state index contributed by atoms with van der Waals surface area (Å²) in [6.45, 7) is 2.05. The maximum atomic E-state index is 12.5. The molecule has 0 aliphatic rings. The number of benzene rings is 2. The van der Waals surface area contributed by atoms with Crippen LogP contribution in [0.15, 0.2) is 72.8 Å². The molecule has 22 heavy (non-hydrogen) atoms. The monoisotopic (exact) mass is 289 g/mol. The van der Waals surface area contributed by atoms with Crippen LogP contribution in [0, 0.1) is 17.2 Å². The van der Waals surface area contributed by atoms with E-state index in [1.165, 1.54) is 6.08 Å². The van der Waals surface area contributed by atoms with Gasteiger partial charge < -0.3 is 0 Å². The molecule has 0 aliphatic heterocycles. The molecule has 2 nitrogen and oxygen atoms in total. The predicted molar refractivity (Wildman–Crippen MR) is 88.5 cm³/mol. The molecular weight excluding hydrogens is 270 g/mol. The molecule has 0 N–H and O–H groups in total. The van der Waals surface area contributed by atoms with Gasteiger partial charge in [-0.1, -0.05) is 73.7 Å². The van der Waals surface area contributed by atoms with Gasteiger partial charge in [-0.05, 0) is 17.4 Å². The van der Waals surface area contributed by atoms with Crippen molar-refractivity contribution in [2.45, 2.75) is 19.3 Å². The highest BCUT2D eigenvalue weighted by Gasteiger charge is 2.21. The molecule has 2 aromatic carbocycles. The summed E-state index contributed by atoms with van der Waals surface area (Å²) in [5, 5.41) is 8.72. The van der Waals surface area contributed by atoms with E-state index in [0.29, 0.717) is 6.42 Å². The van der Waals surface area contributed by atoms with Crippen molar-refractivity contribution in [2.75, 3.05) is 0 Å². The van der Waals surface area contributed by atoms with Crippen molar-refractivity contribution in [3.8, 4) is 6.07 Å². The maximum Gasteiger partial charge on any atom is 0.163 e. The molecule has 0 saturated heterocycles. The van der Waals surface area contributed by atoms with Gasteiger partial charge in [0.1, 0.15) is 0 Å². The Labute approximate surface area is 131 Å². The molecule has 0 fully saturated rings. The summed E-state index contributed by atoms with van der Waals surface area (Å²) in [7, 11) is 0. The average Bonchev–Trinajstić information content (AvgIpc) is 2.59. The quantitative estimate of drug-likeness (QED) is 0.568. The van der Waals surface area contributed by atoms with Gasteiger partial charge in [-0.3, -0.25) is 4.79 Å². The smallest absolute Gasteiger partial charge is 0.163 e. The fourth-order valence-electron chi connectivity index (χ4n) is 2.58. The first-order valence-electron chi connectivity index (χ1n) is 7.42. The van der Waals surface area contributed by atoms with Crippen LogP contribution in [-0.2, 0) is 0 Å². The molecule has 2 atom stereocenters. The van der Waals surface area contributed by atoms with Crippen LogP contribution < -0.4 is 0 Å². The number of carbonyl (C=O) groups is 1. The molecule has 0 bridgehead atoms. The van der Waals surface area contributed by atoms with Gasteiger partial charge in [-0.25, -0.2) is 0 Å². The highest BCUT2D eigenvalue weighted by atomic mass is 16.1. The van der Waals surface area contributed by atoms with Crippen LogP contribution >= 0.6 is 0 Å². The van der Waals surface area contributed by atoms with Gasteiger partial charge in [0.15, 0.2) is 5.78 Å². The van der Waals surface area contributed by atoms with Gasteiger partial charge in [-0.15, -0.1) is 0 Å². The lowest BCUT2D eigenvalue weighted by Crippen LogP contribution is -2.13. The topological polar surface area (TPSA) is 40.9 Å². The normalized spacial score (nSPS) is 13.5. The van der Waals surface area contributed by atoms with Crippen LogP contribution in [0.5, 0.6) is 0 Å². The molecular formula is C20H19NO. The van der Waals surface area contributed by atoms with Gasteiger partial charge >= 0.3 is 0 Å². The van der Waals surface area contributed by atoms with Crippen LogP contribution in [0.2, 0.25) is 0 Å². The third kappa shape index (κ3) is 4.17. The van der Waals surface area contributed by atoms with Crippen molar-refractivity contribution in [1.29, 1.82) is 5.26 Å². The summed E-state index contributed by atoms with van der Waals surface area (Å²) in [6.07, 6.45) is 3.80. The standard InChI is InChI=1S/C20H19NO/c1-16(9-8-14-21)19(17-10-4-2-5-11-17)15-20(22)18-12-6-3-7-13-18/h2-13,16,19H,15H2,1H3/b9-8-/t16-,19+/m1/s1. The highest BCUT2D eigenvalue weighted by molar-refractivity contribution is 5.96. The average molecular weight is 289 g/mol. The largest absolute Gasteiger partial charge is 0.294 e. The lowest BCUT2D eigenvalue weighted by molar-refractivity contribution is 0.0968. The molecule has 0 aromatic heterocycles. The van der Waals surface area contributed by atoms with E-state index in [4.69, 9.17) is 5.26 Å². The Balaban J connectivity index is 2.24. The zero-order valence-electron chi connectivity index (χ0n) is 12.6. The summed E-state index contributed by atoms with van der Waals surface area (Å²) in [6, 6.07) is 21.4. The van der Waals surface area contributed by atoms with Crippen molar-refractivity contribution in [3.63, 3.8) is 0 Å². The van der Waals surface area contributed by atoms with Crippen LogP contribution in [0.4, 0.5) is 0 Å². The molecule has 0 aliphatic carbocycles. The van der Waals surface area contributed by atoms with Crippen molar-refractivity contribution in [3.05, 3.63) is 83.9 Å². The van der Waals surface area contributed by atoms with Crippen LogP contribution in [0.3, 0.4) is 0 Å². The lowest BCUT2D eigenvalue weighted by Gasteiger charge is -2.21. The second-order valence-corrected chi connectivity index (χ2v) is 5.36. The maximum absolute atomic E-state index is 12.5. The Hall–Kier alpha value is -2.66. The molecule has 0 amide bonds. The van der Waals surface area contributed by atoms with Crippen LogP contribution in [0.1, 0.15) is 35.2 Å². The van der Waals surface area contributed by atoms with E-state index in [1.54, 1.807) is 0 Å². The third-order valence-corrected chi connectivity index (χ3v) is 3.84. The van der Waals surface area contributed by atoms with Crippen LogP contribution in [-0.4, -0.2) is 5.78 Å². The van der Waals surface area contributed by atoms with Gasteiger partial charge in [-0.2, -0.15) is 5.26 Å². The predicted octanol–water partition coefficient (Wildman–Crippen LogP) is 4.76. The van der Waals surface area contributed by atoms with Gasteiger partial charge in [0.25, 0.3) is 0 Å². The molecule has 0 spiro atoms. The first-order valence-corrected chi connectivity index (χ1v) is 7.42. The number of Topliss-reactive ketones (excluding diaryl/α,β-unsaturated/α-hetero) is 1. The summed E-state index contributed by atoms with van der Waals surface area (Å²) >= 11 is 0. The second kappa shape index (κ2) is 7.95. The number of ketones is 1. The van der Waals surface area contributed by atoms with Crippen molar-refractivity contribution < 1.29 is 4.79 Å². The van der Waals surface area contributed by atoms with E-state index in [9.17, 15) is 4.79 Å². The van der Waals surface area contributed by atoms with Crippen LogP contribution in [0.25, 0.3) is 0 Å².